The van der Waals surface area contributed by atoms with Crippen molar-refractivity contribution >= 4 is 60.3 Å². The maximum Gasteiger partial charge on any atom is 0.237 e. The second-order valence-corrected chi connectivity index (χ2v) is 11.5. The summed E-state index contributed by atoms with van der Waals surface area (Å²) in [6, 6.07) is 53.5. The van der Waals surface area contributed by atoms with Crippen molar-refractivity contribution in [3.05, 3.63) is 152 Å². The molecule has 0 saturated heterocycles. The van der Waals surface area contributed by atoms with Crippen molar-refractivity contribution in [2.24, 2.45) is 0 Å². The molecule has 0 spiro atoms. The van der Waals surface area contributed by atoms with Gasteiger partial charge in [-0.25, -0.2) is 9.97 Å². The van der Waals surface area contributed by atoms with E-state index in [2.05, 4.69) is 153 Å². The molecule has 0 amide bonds. The van der Waals surface area contributed by atoms with E-state index in [9.17, 15) is 0 Å². The Balaban J connectivity index is 1.28. The summed E-state index contributed by atoms with van der Waals surface area (Å²) < 4.78 is 6.93. The second-order valence-electron chi connectivity index (χ2n) is 11.5. The lowest BCUT2D eigenvalue weighted by Crippen LogP contribution is -2.03. The van der Waals surface area contributed by atoms with Gasteiger partial charge in [0, 0.05) is 32.8 Å². The Labute approximate surface area is 257 Å². The minimum atomic E-state index is 0.657. The molecule has 0 atom stereocenters. The van der Waals surface area contributed by atoms with E-state index in [4.69, 9.17) is 9.97 Å². The molecule has 0 aliphatic rings. The predicted octanol–water partition coefficient (Wildman–Crippen LogP) is 9.74. The summed E-state index contributed by atoms with van der Waals surface area (Å²) in [4.78, 5) is 10.4. The summed E-state index contributed by atoms with van der Waals surface area (Å²) in [5.41, 5.74) is 10.8. The maximum atomic E-state index is 5.24. The first-order chi connectivity index (χ1) is 22.3. The smallest absolute Gasteiger partial charge is 0.237 e. The second kappa shape index (κ2) is 9.15. The first-order valence-corrected chi connectivity index (χ1v) is 15.2. The molecule has 5 heteroatoms. The number of aromatic nitrogens is 5. The molecule has 4 heterocycles. The molecule has 0 unspecified atom stereocenters. The lowest BCUT2D eigenvalue weighted by atomic mass is 10.1. The molecular formula is C40H25N5. The average Bonchev–Trinajstić information content (AvgIpc) is 3.75. The fraction of sp³-hybridized carbons (Fsp3) is 0. The van der Waals surface area contributed by atoms with E-state index >= 15 is 0 Å². The minimum Gasteiger partial charge on any atom is -0.309 e. The third kappa shape index (κ3) is 3.43. The van der Waals surface area contributed by atoms with Gasteiger partial charge in [-0.2, -0.15) is 0 Å². The van der Waals surface area contributed by atoms with Crippen LogP contribution in [0.25, 0.3) is 83.2 Å². The quantitative estimate of drug-likeness (QED) is 0.210. The number of hydrogen-bond donors (Lipinski definition) is 0. The van der Waals surface area contributed by atoms with Crippen LogP contribution in [0.15, 0.2) is 152 Å². The number of nitrogens with zero attached hydrogens (tertiary/aromatic N) is 5. The molecule has 0 fully saturated rings. The molecule has 0 saturated carbocycles. The Bertz CT molecular complexity index is 2710. The molecule has 45 heavy (non-hydrogen) atoms. The van der Waals surface area contributed by atoms with Crippen molar-refractivity contribution in [1.29, 1.82) is 0 Å². The van der Waals surface area contributed by atoms with Gasteiger partial charge in [0.2, 0.25) is 5.95 Å². The number of fused-ring (bicyclic) bond motifs is 9. The first kappa shape index (κ1) is 24.3. The molecule has 10 rings (SSSR count). The SMILES string of the molecule is c1ccc(-c2nc(-n3c4ccccc4n4c5cc(-n6c7ccccc7c7ccccc76)ccc5cc34)nc3ccccc23)cc1. The zero-order valence-electron chi connectivity index (χ0n) is 24.2. The van der Waals surface area contributed by atoms with Gasteiger partial charge < -0.3 is 4.57 Å². The van der Waals surface area contributed by atoms with E-state index in [0.717, 1.165) is 55.4 Å². The third-order valence-electron chi connectivity index (χ3n) is 9.04. The van der Waals surface area contributed by atoms with Crippen molar-refractivity contribution in [3.63, 3.8) is 0 Å². The highest BCUT2D eigenvalue weighted by molar-refractivity contribution is 6.09. The van der Waals surface area contributed by atoms with Crippen molar-refractivity contribution < 1.29 is 0 Å². The molecule has 10 aromatic rings. The Hall–Kier alpha value is -6.20. The zero-order valence-corrected chi connectivity index (χ0v) is 24.2. The van der Waals surface area contributed by atoms with Crippen LogP contribution in [0.2, 0.25) is 0 Å². The lowest BCUT2D eigenvalue weighted by molar-refractivity contribution is 1.00. The summed E-state index contributed by atoms with van der Waals surface area (Å²) in [7, 11) is 0. The van der Waals surface area contributed by atoms with Gasteiger partial charge in [0.25, 0.3) is 0 Å². The average molecular weight is 576 g/mol. The highest BCUT2D eigenvalue weighted by Crippen LogP contribution is 2.36. The lowest BCUT2D eigenvalue weighted by Gasteiger charge is -2.10. The van der Waals surface area contributed by atoms with Crippen molar-refractivity contribution in [3.8, 4) is 22.9 Å². The van der Waals surface area contributed by atoms with Crippen LogP contribution in [0.1, 0.15) is 0 Å². The number of rotatable bonds is 3. The van der Waals surface area contributed by atoms with Gasteiger partial charge in [-0.3, -0.25) is 8.97 Å². The van der Waals surface area contributed by atoms with Crippen LogP contribution in [0.3, 0.4) is 0 Å². The minimum absolute atomic E-state index is 0.657. The van der Waals surface area contributed by atoms with Crippen LogP contribution in [0.5, 0.6) is 0 Å². The Morgan fingerprint density at radius 3 is 1.80 bits per heavy atom. The van der Waals surface area contributed by atoms with Gasteiger partial charge in [0.1, 0.15) is 5.65 Å². The molecule has 0 N–H and O–H groups in total. The highest BCUT2D eigenvalue weighted by atomic mass is 15.2. The molecule has 0 radical (unpaired) electrons. The molecular weight excluding hydrogens is 550 g/mol. The van der Waals surface area contributed by atoms with E-state index in [0.29, 0.717) is 5.95 Å². The summed E-state index contributed by atoms with van der Waals surface area (Å²) in [5, 5.41) is 4.72. The summed E-state index contributed by atoms with van der Waals surface area (Å²) in [6.07, 6.45) is 0. The van der Waals surface area contributed by atoms with Crippen LogP contribution in [-0.4, -0.2) is 23.5 Å². The standard InChI is InChI=1S/C40H25N5/c1-2-12-26(13-3-1)39-31-16-4-7-17-32(31)41-40(42-39)45-36-21-11-10-20-35(36)44-37-25-28(23-22-27(37)24-38(44)45)43-33-18-8-5-14-29(33)30-15-6-9-19-34(30)43/h1-25H. The number of hydrogen-bond acceptors (Lipinski definition) is 2. The zero-order chi connectivity index (χ0) is 29.5. The van der Waals surface area contributed by atoms with Gasteiger partial charge in [0.05, 0.1) is 38.8 Å². The number of benzene rings is 6. The first-order valence-electron chi connectivity index (χ1n) is 15.2. The molecule has 0 aliphatic heterocycles. The maximum absolute atomic E-state index is 5.24. The Kier molecular flexibility index (Phi) is 4.93. The van der Waals surface area contributed by atoms with E-state index in [-0.39, 0.29) is 0 Å². The number of para-hydroxylation sites is 5. The highest BCUT2D eigenvalue weighted by Gasteiger charge is 2.20. The molecule has 0 bridgehead atoms. The molecule has 6 aromatic carbocycles. The van der Waals surface area contributed by atoms with Crippen LogP contribution >= 0.6 is 0 Å². The van der Waals surface area contributed by atoms with Crippen LogP contribution in [0.4, 0.5) is 0 Å². The topological polar surface area (TPSA) is 40.0 Å². The fourth-order valence-electron chi connectivity index (χ4n) is 7.09. The normalized spacial score (nSPS) is 12.0. The monoisotopic (exact) mass is 575 g/mol. The van der Waals surface area contributed by atoms with Gasteiger partial charge in [0.15, 0.2) is 0 Å². The van der Waals surface area contributed by atoms with Crippen molar-refractivity contribution in [2.75, 3.05) is 0 Å². The largest absolute Gasteiger partial charge is 0.309 e. The molecule has 4 aromatic heterocycles. The summed E-state index contributed by atoms with van der Waals surface area (Å²) in [5.74, 6) is 0.657. The van der Waals surface area contributed by atoms with Gasteiger partial charge in [-0.05, 0) is 48.5 Å². The third-order valence-corrected chi connectivity index (χ3v) is 9.04. The Morgan fingerprint density at radius 1 is 0.422 bits per heavy atom. The van der Waals surface area contributed by atoms with E-state index in [1.54, 1.807) is 0 Å². The molecule has 210 valence electrons. The van der Waals surface area contributed by atoms with Gasteiger partial charge >= 0.3 is 0 Å². The molecule has 0 aliphatic carbocycles. The fourth-order valence-corrected chi connectivity index (χ4v) is 7.09. The van der Waals surface area contributed by atoms with E-state index < -0.39 is 0 Å². The Morgan fingerprint density at radius 2 is 1.04 bits per heavy atom. The van der Waals surface area contributed by atoms with E-state index in [1.807, 2.05) is 12.1 Å². The van der Waals surface area contributed by atoms with Crippen LogP contribution < -0.4 is 0 Å². The van der Waals surface area contributed by atoms with Gasteiger partial charge in [-0.15, -0.1) is 0 Å². The van der Waals surface area contributed by atoms with Crippen LogP contribution in [0, 0.1) is 0 Å². The number of imidazole rings is 1. The van der Waals surface area contributed by atoms with Crippen molar-refractivity contribution in [2.45, 2.75) is 0 Å². The summed E-state index contributed by atoms with van der Waals surface area (Å²) >= 11 is 0. The van der Waals surface area contributed by atoms with E-state index in [1.165, 1.54) is 21.8 Å². The molecule has 5 nitrogen and oxygen atoms in total. The van der Waals surface area contributed by atoms with Crippen LogP contribution in [-0.2, 0) is 0 Å². The summed E-state index contributed by atoms with van der Waals surface area (Å²) in [6.45, 7) is 0. The van der Waals surface area contributed by atoms with Crippen molar-refractivity contribution in [1.82, 2.24) is 23.5 Å². The van der Waals surface area contributed by atoms with Gasteiger partial charge in [-0.1, -0.05) is 103 Å². The predicted molar refractivity (Wildman–Crippen MR) is 185 cm³/mol.